The molecule has 0 radical (unpaired) electrons. The lowest BCUT2D eigenvalue weighted by Gasteiger charge is -2.07. The average Bonchev–Trinajstić information content (AvgIpc) is 3.10. The minimum atomic E-state index is -0.674. The fourth-order valence-electron chi connectivity index (χ4n) is 2.13. The van der Waals surface area contributed by atoms with Crippen molar-refractivity contribution in [2.24, 2.45) is 0 Å². The van der Waals surface area contributed by atoms with Crippen LogP contribution in [0, 0.1) is 11.6 Å². The third kappa shape index (κ3) is 4.00. The van der Waals surface area contributed by atoms with E-state index >= 15 is 0 Å². The van der Waals surface area contributed by atoms with Gasteiger partial charge in [-0.3, -0.25) is 0 Å². The molecule has 0 unspecified atom stereocenters. The fourth-order valence-corrected chi connectivity index (χ4v) is 2.13. The van der Waals surface area contributed by atoms with Crippen molar-refractivity contribution in [3.05, 3.63) is 78.1 Å². The summed E-state index contributed by atoms with van der Waals surface area (Å²) in [5.41, 5.74) is 0.263. The van der Waals surface area contributed by atoms with Gasteiger partial charge in [0.15, 0.2) is 17.3 Å². The number of esters is 1. The highest BCUT2D eigenvalue weighted by Gasteiger charge is 2.13. The molecular formula is C18H14F2N2O3. The van der Waals surface area contributed by atoms with Crippen LogP contribution in [0.3, 0.4) is 0 Å². The zero-order valence-electron chi connectivity index (χ0n) is 13.1. The number of carbonyl (C=O) groups excluding carboxylic acids is 1. The number of nitrogens with zero attached hydrogens (tertiary/aromatic N) is 2. The molecule has 0 spiro atoms. The summed E-state index contributed by atoms with van der Waals surface area (Å²) in [6.45, 7) is -0.0690. The largest absolute Gasteiger partial charge is 0.487 e. The summed E-state index contributed by atoms with van der Waals surface area (Å²) in [5, 5.41) is 3.99. The van der Waals surface area contributed by atoms with Crippen LogP contribution < -0.4 is 4.74 Å². The molecule has 0 bridgehead atoms. The molecule has 1 aromatic heterocycles. The van der Waals surface area contributed by atoms with E-state index in [9.17, 15) is 13.6 Å². The van der Waals surface area contributed by atoms with Gasteiger partial charge in [0.1, 0.15) is 24.7 Å². The second kappa shape index (κ2) is 7.57. The van der Waals surface area contributed by atoms with Gasteiger partial charge in [-0.25, -0.2) is 18.3 Å². The molecule has 2 aromatic carbocycles. The number of hydrogen-bond donors (Lipinski definition) is 0. The molecule has 0 atom stereocenters. The van der Waals surface area contributed by atoms with Crippen LogP contribution in [0.5, 0.6) is 5.75 Å². The van der Waals surface area contributed by atoms with Gasteiger partial charge in [0.2, 0.25) is 0 Å². The molecule has 0 N–H and O–H groups in total. The van der Waals surface area contributed by atoms with Crippen LogP contribution in [0.2, 0.25) is 0 Å². The summed E-state index contributed by atoms with van der Waals surface area (Å²) < 4.78 is 38.5. The Kier molecular flexibility index (Phi) is 5.03. The van der Waals surface area contributed by atoms with Crippen LogP contribution >= 0.6 is 0 Å². The SMILES string of the molecule is O=C(OCCOc1ccccc1F)c1ccn(-c2ccccc2F)n1. The van der Waals surface area contributed by atoms with Crippen LogP contribution in [-0.4, -0.2) is 29.0 Å². The molecule has 128 valence electrons. The molecule has 3 aromatic rings. The first-order valence-electron chi connectivity index (χ1n) is 7.50. The van der Waals surface area contributed by atoms with E-state index in [2.05, 4.69) is 5.10 Å². The Balaban J connectivity index is 1.54. The van der Waals surface area contributed by atoms with Crippen LogP contribution in [0.15, 0.2) is 60.8 Å². The lowest BCUT2D eigenvalue weighted by atomic mass is 10.3. The van der Waals surface area contributed by atoms with Gasteiger partial charge < -0.3 is 9.47 Å². The van der Waals surface area contributed by atoms with Gasteiger partial charge in [-0.2, -0.15) is 5.10 Å². The molecule has 0 amide bonds. The zero-order chi connectivity index (χ0) is 17.6. The van der Waals surface area contributed by atoms with E-state index in [-0.39, 0.29) is 30.3 Å². The third-order valence-electron chi connectivity index (χ3n) is 3.31. The maximum Gasteiger partial charge on any atom is 0.358 e. The summed E-state index contributed by atoms with van der Waals surface area (Å²) in [5.74, 6) is -1.53. The predicted molar refractivity (Wildman–Crippen MR) is 85.7 cm³/mol. The third-order valence-corrected chi connectivity index (χ3v) is 3.31. The lowest BCUT2D eigenvalue weighted by Crippen LogP contribution is -2.13. The number of aromatic nitrogens is 2. The monoisotopic (exact) mass is 344 g/mol. The normalized spacial score (nSPS) is 10.5. The number of carbonyl (C=O) groups is 1. The molecule has 0 aliphatic rings. The lowest BCUT2D eigenvalue weighted by molar-refractivity contribution is 0.0441. The van der Waals surface area contributed by atoms with Gasteiger partial charge in [0.25, 0.3) is 0 Å². The summed E-state index contributed by atoms with van der Waals surface area (Å²) in [7, 11) is 0. The maximum absolute atomic E-state index is 13.7. The van der Waals surface area contributed by atoms with Gasteiger partial charge in [-0.15, -0.1) is 0 Å². The number of para-hydroxylation sites is 2. The van der Waals surface area contributed by atoms with Gasteiger partial charge in [0, 0.05) is 6.20 Å². The molecule has 25 heavy (non-hydrogen) atoms. The van der Waals surface area contributed by atoms with Crippen molar-refractivity contribution in [2.45, 2.75) is 0 Å². The molecule has 0 saturated carbocycles. The van der Waals surface area contributed by atoms with Crippen LogP contribution in [0.25, 0.3) is 5.69 Å². The summed E-state index contributed by atoms with van der Waals surface area (Å²) >= 11 is 0. The minimum Gasteiger partial charge on any atom is -0.487 e. The maximum atomic E-state index is 13.7. The Morgan fingerprint density at radius 2 is 1.68 bits per heavy atom. The first-order chi connectivity index (χ1) is 12.1. The Labute approximate surface area is 142 Å². The summed E-state index contributed by atoms with van der Waals surface area (Å²) in [4.78, 5) is 11.9. The smallest absolute Gasteiger partial charge is 0.358 e. The first-order valence-corrected chi connectivity index (χ1v) is 7.50. The van der Waals surface area contributed by atoms with Crippen molar-refractivity contribution in [2.75, 3.05) is 13.2 Å². The highest BCUT2D eigenvalue weighted by molar-refractivity contribution is 5.87. The van der Waals surface area contributed by atoms with Gasteiger partial charge in [-0.05, 0) is 30.3 Å². The predicted octanol–water partition coefficient (Wildman–Crippen LogP) is 3.39. The molecule has 0 fully saturated rings. The molecule has 0 saturated heterocycles. The van der Waals surface area contributed by atoms with Crippen molar-refractivity contribution in [1.82, 2.24) is 9.78 Å². The second-order valence-corrected chi connectivity index (χ2v) is 5.01. The molecule has 7 heteroatoms. The standard InChI is InChI=1S/C18H14F2N2O3/c19-13-5-1-3-7-16(13)22-10-9-15(21-22)18(23)25-12-11-24-17-8-4-2-6-14(17)20/h1-10H,11-12H2. The molecular weight excluding hydrogens is 330 g/mol. The van der Waals surface area contributed by atoms with Crippen molar-refractivity contribution >= 4 is 5.97 Å². The first kappa shape index (κ1) is 16.6. The van der Waals surface area contributed by atoms with E-state index in [1.54, 1.807) is 30.3 Å². The summed E-state index contributed by atoms with van der Waals surface area (Å²) in [6, 6.07) is 13.4. The summed E-state index contributed by atoms with van der Waals surface area (Å²) in [6.07, 6.45) is 1.46. The number of rotatable bonds is 6. The highest BCUT2D eigenvalue weighted by Crippen LogP contribution is 2.15. The van der Waals surface area contributed by atoms with Crippen molar-refractivity contribution in [1.29, 1.82) is 0 Å². The highest BCUT2D eigenvalue weighted by atomic mass is 19.1. The van der Waals surface area contributed by atoms with Crippen molar-refractivity contribution in [3.8, 4) is 11.4 Å². The van der Waals surface area contributed by atoms with Crippen molar-refractivity contribution in [3.63, 3.8) is 0 Å². The van der Waals surface area contributed by atoms with E-state index in [1.807, 2.05) is 0 Å². The van der Waals surface area contributed by atoms with E-state index in [0.717, 1.165) is 0 Å². The zero-order valence-corrected chi connectivity index (χ0v) is 13.1. The van der Waals surface area contributed by atoms with Gasteiger partial charge in [0.05, 0.1) is 0 Å². The second-order valence-electron chi connectivity index (χ2n) is 5.01. The van der Waals surface area contributed by atoms with Gasteiger partial charge >= 0.3 is 5.97 Å². The van der Waals surface area contributed by atoms with E-state index in [0.29, 0.717) is 0 Å². The molecule has 5 nitrogen and oxygen atoms in total. The number of ether oxygens (including phenoxy) is 2. The number of halogens is 2. The van der Waals surface area contributed by atoms with Crippen molar-refractivity contribution < 1.29 is 23.0 Å². The number of benzene rings is 2. The average molecular weight is 344 g/mol. The Hall–Kier alpha value is -3.22. The molecule has 1 heterocycles. The van der Waals surface area contributed by atoms with E-state index < -0.39 is 17.6 Å². The van der Waals surface area contributed by atoms with Crippen LogP contribution in [-0.2, 0) is 4.74 Å². The van der Waals surface area contributed by atoms with Crippen LogP contribution in [0.1, 0.15) is 10.5 Å². The quantitative estimate of drug-likeness (QED) is 0.508. The fraction of sp³-hybridized carbons (Fsp3) is 0.111. The molecule has 3 rings (SSSR count). The Morgan fingerprint density at radius 3 is 2.44 bits per heavy atom. The Morgan fingerprint density at radius 1 is 0.960 bits per heavy atom. The molecule has 0 aliphatic heterocycles. The van der Waals surface area contributed by atoms with E-state index in [4.69, 9.17) is 9.47 Å². The van der Waals surface area contributed by atoms with Crippen LogP contribution in [0.4, 0.5) is 8.78 Å². The van der Waals surface area contributed by atoms with E-state index in [1.165, 1.54) is 35.1 Å². The van der Waals surface area contributed by atoms with Gasteiger partial charge in [-0.1, -0.05) is 24.3 Å². The Bertz CT molecular complexity index is 880. The minimum absolute atomic E-state index is 0.000690. The molecule has 0 aliphatic carbocycles. The number of hydrogen-bond acceptors (Lipinski definition) is 4. The topological polar surface area (TPSA) is 53.4 Å².